The Bertz CT molecular complexity index is 951. The number of carbonyl (C=O) groups is 1. The van der Waals surface area contributed by atoms with Gasteiger partial charge in [0.15, 0.2) is 5.70 Å². The van der Waals surface area contributed by atoms with Crippen LogP contribution in [0.2, 0.25) is 5.02 Å². The molecule has 0 N–H and O–H groups in total. The van der Waals surface area contributed by atoms with Gasteiger partial charge in [0, 0.05) is 12.1 Å². The monoisotopic (exact) mass is 386 g/mol. The van der Waals surface area contributed by atoms with E-state index in [2.05, 4.69) is 4.99 Å². The van der Waals surface area contributed by atoms with Crippen molar-refractivity contribution in [2.45, 2.75) is 13.3 Å². The van der Waals surface area contributed by atoms with E-state index in [1.165, 1.54) is 18.2 Å². The van der Waals surface area contributed by atoms with E-state index in [-0.39, 0.29) is 27.9 Å². The first kappa shape index (κ1) is 18.6. The quantitative estimate of drug-likeness (QED) is 0.318. The molecule has 0 spiro atoms. The van der Waals surface area contributed by atoms with Crippen molar-refractivity contribution in [3.63, 3.8) is 0 Å². The lowest BCUT2D eigenvalue weighted by atomic mass is 10.2. The van der Waals surface area contributed by atoms with Crippen LogP contribution in [-0.2, 0) is 9.53 Å². The highest BCUT2D eigenvalue weighted by Crippen LogP contribution is 2.27. The molecule has 0 unspecified atom stereocenters. The molecule has 1 aliphatic heterocycles. The molecule has 1 aliphatic rings. The number of rotatable bonds is 6. The summed E-state index contributed by atoms with van der Waals surface area (Å²) in [5, 5.41) is 11.1. The topological polar surface area (TPSA) is 91.0 Å². The number of halogens is 1. The minimum Gasteiger partial charge on any atom is -0.494 e. The SMILES string of the molecule is CCCOc1ccc(/C=C2\N=C(c3cc([N+](=O)[O-])ccc3Cl)OC2=O)cc1. The highest BCUT2D eigenvalue weighted by Gasteiger charge is 2.27. The molecular formula is C19H15ClN2O5. The number of benzene rings is 2. The fraction of sp³-hybridized carbons (Fsp3) is 0.158. The van der Waals surface area contributed by atoms with Gasteiger partial charge in [0.05, 0.1) is 22.1 Å². The number of aliphatic imine (C=N–C) groups is 1. The van der Waals surface area contributed by atoms with Crippen LogP contribution < -0.4 is 4.74 Å². The van der Waals surface area contributed by atoms with E-state index in [0.29, 0.717) is 6.61 Å². The van der Waals surface area contributed by atoms with Crippen LogP contribution in [0.4, 0.5) is 5.69 Å². The molecule has 2 aromatic rings. The molecule has 138 valence electrons. The predicted molar refractivity (Wildman–Crippen MR) is 101 cm³/mol. The van der Waals surface area contributed by atoms with Crippen molar-refractivity contribution >= 4 is 35.2 Å². The average molecular weight is 387 g/mol. The normalized spacial score (nSPS) is 14.8. The summed E-state index contributed by atoms with van der Waals surface area (Å²) in [6, 6.07) is 11.0. The summed E-state index contributed by atoms with van der Waals surface area (Å²) in [5.41, 5.74) is 0.829. The van der Waals surface area contributed by atoms with Gasteiger partial charge in [-0.15, -0.1) is 0 Å². The molecule has 0 bridgehead atoms. The van der Waals surface area contributed by atoms with Gasteiger partial charge in [0.2, 0.25) is 5.90 Å². The molecule has 0 aliphatic carbocycles. The third-order valence-corrected chi connectivity index (χ3v) is 4.00. The Morgan fingerprint density at radius 2 is 2.00 bits per heavy atom. The van der Waals surface area contributed by atoms with E-state index in [4.69, 9.17) is 21.1 Å². The molecule has 0 aromatic heterocycles. The Kier molecular flexibility index (Phi) is 5.52. The number of non-ortho nitro benzene ring substituents is 1. The fourth-order valence-electron chi connectivity index (χ4n) is 2.35. The van der Waals surface area contributed by atoms with E-state index < -0.39 is 10.9 Å². The van der Waals surface area contributed by atoms with Crippen molar-refractivity contribution < 1.29 is 19.2 Å². The van der Waals surface area contributed by atoms with Crippen LogP contribution in [-0.4, -0.2) is 23.4 Å². The smallest absolute Gasteiger partial charge is 0.363 e. The molecule has 0 radical (unpaired) electrons. The largest absolute Gasteiger partial charge is 0.494 e. The maximum atomic E-state index is 12.1. The second kappa shape index (κ2) is 8.01. The standard InChI is InChI=1S/C19H15ClN2O5/c1-2-9-26-14-6-3-12(4-7-14)10-17-19(23)27-18(21-17)15-11-13(22(24)25)5-8-16(15)20/h3-8,10-11H,2,9H2,1H3/b17-10-. The van der Waals surface area contributed by atoms with Crippen LogP contribution in [0.15, 0.2) is 53.2 Å². The zero-order valence-corrected chi connectivity index (χ0v) is 15.1. The first-order valence-electron chi connectivity index (χ1n) is 8.17. The lowest BCUT2D eigenvalue weighted by molar-refractivity contribution is -0.384. The van der Waals surface area contributed by atoms with Crippen molar-refractivity contribution in [3.05, 3.63) is 74.4 Å². The molecule has 0 fully saturated rings. The summed E-state index contributed by atoms with van der Waals surface area (Å²) >= 11 is 6.07. The Balaban J connectivity index is 1.87. The van der Waals surface area contributed by atoms with Crippen LogP contribution in [0.25, 0.3) is 6.08 Å². The first-order valence-corrected chi connectivity index (χ1v) is 8.55. The maximum Gasteiger partial charge on any atom is 0.363 e. The number of nitro groups is 1. The maximum absolute atomic E-state index is 12.1. The number of esters is 1. The van der Waals surface area contributed by atoms with Crippen molar-refractivity contribution in [2.75, 3.05) is 6.61 Å². The average Bonchev–Trinajstić information content (AvgIpc) is 3.01. The summed E-state index contributed by atoms with van der Waals surface area (Å²) < 4.78 is 10.6. The lowest BCUT2D eigenvalue weighted by Crippen LogP contribution is -2.06. The number of carbonyl (C=O) groups excluding carboxylic acids is 1. The molecule has 27 heavy (non-hydrogen) atoms. The molecular weight excluding hydrogens is 372 g/mol. The number of hydrogen-bond acceptors (Lipinski definition) is 6. The first-order chi connectivity index (χ1) is 13.0. The van der Waals surface area contributed by atoms with Gasteiger partial charge in [-0.1, -0.05) is 30.7 Å². The Morgan fingerprint density at radius 3 is 2.67 bits per heavy atom. The van der Waals surface area contributed by atoms with Gasteiger partial charge in [-0.3, -0.25) is 10.1 Å². The number of cyclic esters (lactones) is 1. The third kappa shape index (κ3) is 4.32. The van der Waals surface area contributed by atoms with Gasteiger partial charge in [-0.25, -0.2) is 9.79 Å². The molecule has 0 saturated carbocycles. The third-order valence-electron chi connectivity index (χ3n) is 3.67. The second-order valence-corrected chi connectivity index (χ2v) is 6.08. The minimum atomic E-state index is -0.654. The molecule has 3 rings (SSSR count). The number of hydrogen-bond donors (Lipinski definition) is 0. The van der Waals surface area contributed by atoms with Gasteiger partial charge in [0.1, 0.15) is 5.75 Å². The summed E-state index contributed by atoms with van der Waals surface area (Å²) in [5.74, 6) is 0.0160. The summed E-state index contributed by atoms with van der Waals surface area (Å²) in [4.78, 5) is 26.6. The van der Waals surface area contributed by atoms with Crippen LogP contribution in [0, 0.1) is 10.1 Å². The Labute approximate surface area is 160 Å². The number of nitrogens with zero attached hydrogens (tertiary/aromatic N) is 2. The van der Waals surface area contributed by atoms with E-state index in [9.17, 15) is 14.9 Å². The Hall–Kier alpha value is -3.19. The highest BCUT2D eigenvalue weighted by atomic mass is 35.5. The van der Waals surface area contributed by atoms with E-state index in [0.717, 1.165) is 17.7 Å². The molecule has 7 nitrogen and oxygen atoms in total. The Morgan fingerprint density at radius 1 is 1.26 bits per heavy atom. The van der Waals surface area contributed by atoms with E-state index in [1.807, 2.05) is 6.92 Å². The van der Waals surface area contributed by atoms with Crippen molar-refractivity contribution in [3.8, 4) is 5.75 Å². The van der Waals surface area contributed by atoms with Crippen LogP contribution in [0.5, 0.6) is 5.75 Å². The van der Waals surface area contributed by atoms with Crippen molar-refractivity contribution in [2.24, 2.45) is 4.99 Å². The lowest BCUT2D eigenvalue weighted by Gasteiger charge is -2.04. The second-order valence-electron chi connectivity index (χ2n) is 5.67. The van der Waals surface area contributed by atoms with Gasteiger partial charge in [-0.2, -0.15) is 0 Å². The number of ether oxygens (including phenoxy) is 2. The van der Waals surface area contributed by atoms with Gasteiger partial charge < -0.3 is 9.47 Å². The van der Waals surface area contributed by atoms with Gasteiger partial charge in [-0.05, 0) is 36.3 Å². The molecule has 1 heterocycles. The summed E-state index contributed by atoms with van der Waals surface area (Å²) in [6.45, 7) is 2.65. The van der Waals surface area contributed by atoms with E-state index in [1.54, 1.807) is 30.3 Å². The number of nitro benzene ring substituents is 1. The molecule has 2 aromatic carbocycles. The molecule has 0 atom stereocenters. The van der Waals surface area contributed by atoms with E-state index >= 15 is 0 Å². The van der Waals surface area contributed by atoms with Crippen LogP contribution in [0.3, 0.4) is 0 Å². The molecule has 8 heteroatoms. The van der Waals surface area contributed by atoms with Gasteiger partial charge in [0.25, 0.3) is 5.69 Å². The van der Waals surface area contributed by atoms with Crippen LogP contribution in [0.1, 0.15) is 24.5 Å². The molecule has 0 amide bonds. The fourth-order valence-corrected chi connectivity index (χ4v) is 2.55. The minimum absolute atomic E-state index is 0.0668. The highest BCUT2D eigenvalue weighted by molar-refractivity contribution is 6.34. The zero-order valence-electron chi connectivity index (χ0n) is 14.3. The van der Waals surface area contributed by atoms with Crippen LogP contribution >= 0.6 is 11.6 Å². The van der Waals surface area contributed by atoms with Crippen molar-refractivity contribution in [1.82, 2.24) is 0 Å². The molecule has 0 saturated heterocycles. The van der Waals surface area contributed by atoms with Gasteiger partial charge >= 0.3 is 5.97 Å². The summed E-state index contributed by atoms with van der Waals surface area (Å²) in [6.07, 6.45) is 2.47. The predicted octanol–water partition coefficient (Wildman–Crippen LogP) is 4.38. The van der Waals surface area contributed by atoms with Crippen molar-refractivity contribution in [1.29, 1.82) is 0 Å². The zero-order chi connectivity index (χ0) is 19.4. The summed E-state index contributed by atoms with van der Waals surface area (Å²) in [7, 11) is 0.